The van der Waals surface area contributed by atoms with Crippen LogP contribution in [-0.2, 0) is 9.53 Å². The fourth-order valence-electron chi connectivity index (χ4n) is 2.89. The van der Waals surface area contributed by atoms with Crippen molar-refractivity contribution in [3.63, 3.8) is 0 Å². The summed E-state index contributed by atoms with van der Waals surface area (Å²) in [5.41, 5.74) is 1.56. The van der Waals surface area contributed by atoms with Crippen LogP contribution in [0.1, 0.15) is 18.5 Å². The van der Waals surface area contributed by atoms with E-state index in [1.165, 1.54) is 0 Å². The summed E-state index contributed by atoms with van der Waals surface area (Å²) in [6, 6.07) is 4.12. The Morgan fingerprint density at radius 3 is 2.71 bits per heavy atom. The molecule has 8 heteroatoms. The molecule has 24 heavy (non-hydrogen) atoms. The van der Waals surface area contributed by atoms with Crippen LogP contribution in [0.3, 0.4) is 0 Å². The Kier molecular flexibility index (Phi) is 4.99. The Balaban J connectivity index is 2.02. The lowest BCUT2D eigenvalue weighted by Gasteiger charge is -2.34. The van der Waals surface area contributed by atoms with Crippen molar-refractivity contribution in [3.05, 3.63) is 45.1 Å². The lowest BCUT2D eigenvalue weighted by atomic mass is 9.94. The molecule has 1 unspecified atom stereocenters. The first-order valence-corrected chi connectivity index (χ1v) is 8.34. The number of allylic oxidation sites excluding steroid dienone is 1. The maximum atomic E-state index is 13.0. The Hall–Kier alpha value is -1.76. The van der Waals surface area contributed by atoms with Crippen molar-refractivity contribution in [2.24, 2.45) is 0 Å². The predicted molar refractivity (Wildman–Crippen MR) is 91.0 cm³/mol. The van der Waals surface area contributed by atoms with Crippen LogP contribution in [0.4, 0.5) is 4.79 Å². The second-order valence-electron chi connectivity index (χ2n) is 5.62. The zero-order valence-electron chi connectivity index (χ0n) is 13.1. The molecule has 2 heterocycles. The van der Waals surface area contributed by atoms with E-state index in [1.807, 2.05) is 0 Å². The first-order chi connectivity index (χ1) is 11.5. The lowest BCUT2D eigenvalue weighted by molar-refractivity contribution is -0.131. The Morgan fingerprint density at radius 2 is 2.00 bits per heavy atom. The van der Waals surface area contributed by atoms with E-state index in [0.717, 1.165) is 0 Å². The molecule has 0 spiro atoms. The molecule has 3 rings (SSSR count). The molecule has 2 N–H and O–H groups in total. The molecule has 1 atom stereocenters. The number of carbonyl (C=O) groups excluding carboxylic acids is 2. The number of hydrogen-bond donors (Lipinski definition) is 2. The normalized spacial score (nSPS) is 21.4. The van der Waals surface area contributed by atoms with Crippen LogP contribution >= 0.6 is 23.2 Å². The fraction of sp³-hybridized carbons (Fsp3) is 0.375. The third-order valence-electron chi connectivity index (χ3n) is 4.09. The number of nitrogens with one attached hydrogen (secondary N) is 2. The third-order valence-corrected chi connectivity index (χ3v) is 4.92. The standard InChI is InChI=1S/C16H17Cl2N3O3/c1-9-12(15(22)21-5-7-24-8-6-21)14(20-16(23)19-9)10-3-2-4-11(17)13(10)18/h2-4,14H,5-8H2,1H3,(H2,19,20,23). The van der Waals surface area contributed by atoms with E-state index in [-0.39, 0.29) is 11.9 Å². The van der Waals surface area contributed by atoms with Gasteiger partial charge in [-0.25, -0.2) is 4.79 Å². The number of carbonyl (C=O) groups is 2. The molecule has 2 aliphatic heterocycles. The highest BCUT2D eigenvalue weighted by Crippen LogP contribution is 2.35. The molecular weight excluding hydrogens is 353 g/mol. The van der Waals surface area contributed by atoms with Gasteiger partial charge in [0.15, 0.2) is 0 Å². The predicted octanol–water partition coefficient (Wildman–Crippen LogP) is 2.48. The molecule has 0 radical (unpaired) electrons. The molecule has 0 saturated carbocycles. The smallest absolute Gasteiger partial charge is 0.319 e. The van der Waals surface area contributed by atoms with Gasteiger partial charge in [0.1, 0.15) is 0 Å². The topological polar surface area (TPSA) is 70.7 Å². The maximum Gasteiger partial charge on any atom is 0.319 e. The van der Waals surface area contributed by atoms with Gasteiger partial charge in [0.2, 0.25) is 0 Å². The second-order valence-corrected chi connectivity index (χ2v) is 6.40. The van der Waals surface area contributed by atoms with Crippen molar-refractivity contribution in [2.75, 3.05) is 26.3 Å². The van der Waals surface area contributed by atoms with Crippen molar-refractivity contribution in [1.82, 2.24) is 15.5 Å². The summed E-state index contributed by atoms with van der Waals surface area (Å²) in [7, 11) is 0. The number of nitrogens with zero attached hydrogens (tertiary/aromatic N) is 1. The van der Waals surface area contributed by atoms with E-state index in [4.69, 9.17) is 27.9 Å². The zero-order valence-corrected chi connectivity index (χ0v) is 14.6. The maximum absolute atomic E-state index is 13.0. The van der Waals surface area contributed by atoms with E-state index < -0.39 is 6.04 Å². The zero-order chi connectivity index (χ0) is 17.3. The van der Waals surface area contributed by atoms with Gasteiger partial charge in [0.05, 0.1) is 34.9 Å². The minimum Gasteiger partial charge on any atom is -0.378 e. The van der Waals surface area contributed by atoms with Gasteiger partial charge < -0.3 is 20.3 Å². The quantitative estimate of drug-likeness (QED) is 0.840. The van der Waals surface area contributed by atoms with Crippen LogP contribution < -0.4 is 10.6 Å². The molecule has 1 aromatic rings. The molecule has 0 bridgehead atoms. The number of halogens is 2. The summed E-state index contributed by atoms with van der Waals surface area (Å²) in [5, 5.41) is 6.13. The van der Waals surface area contributed by atoms with Crippen LogP contribution in [0, 0.1) is 0 Å². The van der Waals surface area contributed by atoms with Crippen LogP contribution in [0.5, 0.6) is 0 Å². The van der Waals surface area contributed by atoms with E-state index >= 15 is 0 Å². The number of morpholine rings is 1. The highest BCUT2D eigenvalue weighted by molar-refractivity contribution is 6.42. The Bertz CT molecular complexity index is 715. The minimum atomic E-state index is -0.653. The van der Waals surface area contributed by atoms with E-state index in [2.05, 4.69) is 10.6 Å². The fourth-order valence-corrected chi connectivity index (χ4v) is 3.31. The highest BCUT2D eigenvalue weighted by atomic mass is 35.5. The van der Waals surface area contributed by atoms with E-state index in [9.17, 15) is 9.59 Å². The van der Waals surface area contributed by atoms with Gasteiger partial charge in [-0.3, -0.25) is 4.79 Å². The Morgan fingerprint density at radius 1 is 1.29 bits per heavy atom. The highest BCUT2D eigenvalue weighted by Gasteiger charge is 2.35. The van der Waals surface area contributed by atoms with Gasteiger partial charge in [-0.15, -0.1) is 0 Å². The number of hydrogen-bond acceptors (Lipinski definition) is 3. The number of ether oxygens (including phenoxy) is 1. The van der Waals surface area contributed by atoms with Gasteiger partial charge in [-0.1, -0.05) is 35.3 Å². The number of benzene rings is 1. The monoisotopic (exact) mass is 369 g/mol. The number of rotatable bonds is 2. The average molecular weight is 370 g/mol. The summed E-state index contributed by atoms with van der Waals surface area (Å²) >= 11 is 12.4. The van der Waals surface area contributed by atoms with Crippen molar-refractivity contribution in [2.45, 2.75) is 13.0 Å². The number of amides is 3. The summed E-state index contributed by atoms with van der Waals surface area (Å²) in [6.07, 6.45) is 0. The SMILES string of the molecule is CC1=C(C(=O)N2CCOCC2)C(c2cccc(Cl)c2Cl)NC(=O)N1. The average Bonchev–Trinajstić information content (AvgIpc) is 2.57. The van der Waals surface area contributed by atoms with Crippen LogP contribution in [0.2, 0.25) is 10.0 Å². The summed E-state index contributed by atoms with van der Waals surface area (Å²) in [4.78, 5) is 26.6. The van der Waals surface area contributed by atoms with Crippen molar-refractivity contribution >= 4 is 35.1 Å². The van der Waals surface area contributed by atoms with Gasteiger partial charge in [-0.05, 0) is 18.6 Å². The van der Waals surface area contributed by atoms with E-state index in [0.29, 0.717) is 53.2 Å². The van der Waals surface area contributed by atoms with Crippen molar-refractivity contribution in [1.29, 1.82) is 0 Å². The number of urea groups is 1. The van der Waals surface area contributed by atoms with Crippen molar-refractivity contribution < 1.29 is 14.3 Å². The van der Waals surface area contributed by atoms with Crippen LogP contribution in [0.15, 0.2) is 29.5 Å². The first-order valence-electron chi connectivity index (χ1n) is 7.58. The molecular formula is C16H17Cl2N3O3. The minimum absolute atomic E-state index is 0.149. The van der Waals surface area contributed by atoms with Crippen LogP contribution in [0.25, 0.3) is 0 Å². The lowest BCUT2D eigenvalue weighted by Crippen LogP contribution is -2.49. The molecule has 0 aromatic heterocycles. The molecule has 1 fully saturated rings. The largest absolute Gasteiger partial charge is 0.378 e. The summed E-state index contributed by atoms with van der Waals surface area (Å²) in [5.74, 6) is -0.149. The summed E-state index contributed by atoms with van der Waals surface area (Å²) in [6.45, 7) is 3.73. The first kappa shape index (κ1) is 17.1. The molecule has 3 amide bonds. The van der Waals surface area contributed by atoms with Gasteiger partial charge in [-0.2, -0.15) is 0 Å². The third kappa shape index (κ3) is 3.22. The molecule has 2 aliphatic rings. The molecule has 128 valence electrons. The van der Waals surface area contributed by atoms with Crippen LogP contribution in [-0.4, -0.2) is 43.1 Å². The second kappa shape index (κ2) is 7.01. The molecule has 6 nitrogen and oxygen atoms in total. The molecule has 0 aliphatic carbocycles. The van der Waals surface area contributed by atoms with Gasteiger partial charge in [0, 0.05) is 18.8 Å². The van der Waals surface area contributed by atoms with Crippen molar-refractivity contribution in [3.8, 4) is 0 Å². The molecule has 1 saturated heterocycles. The van der Waals surface area contributed by atoms with Gasteiger partial charge in [0.25, 0.3) is 5.91 Å². The van der Waals surface area contributed by atoms with E-state index in [1.54, 1.807) is 30.0 Å². The summed E-state index contributed by atoms with van der Waals surface area (Å²) < 4.78 is 5.29. The Labute approximate surface area is 149 Å². The van der Waals surface area contributed by atoms with Gasteiger partial charge >= 0.3 is 6.03 Å². The molecule has 1 aromatic carbocycles.